The maximum absolute atomic E-state index is 12.0. The van der Waals surface area contributed by atoms with Crippen molar-refractivity contribution in [3.8, 4) is 0 Å². The number of anilines is 1. The molecule has 0 atom stereocenters. The number of hydrogen-bond donors (Lipinski definition) is 2. The number of hydrogen-bond acceptors (Lipinski definition) is 5. The highest BCUT2D eigenvalue weighted by Crippen LogP contribution is 2.21. The van der Waals surface area contributed by atoms with Crippen LogP contribution in [-0.4, -0.2) is 34.8 Å². The number of primary amides is 1. The fourth-order valence-electron chi connectivity index (χ4n) is 1.27. The molecule has 0 unspecified atom stereocenters. The lowest BCUT2D eigenvalue weighted by molar-refractivity contribution is -0.118. The number of aromatic nitrogens is 1. The van der Waals surface area contributed by atoms with Crippen molar-refractivity contribution in [3.05, 3.63) is 10.6 Å². The summed E-state index contributed by atoms with van der Waals surface area (Å²) in [6.45, 7) is 3.81. The standard InChI is InChI=1S/C9H14N4O2S/c1-3-13(4-6(10)14)8(15)7-5(2)12-9(11)16-7/h3-4H2,1-2H3,(H2,10,14)(H2,11,12). The molecule has 0 saturated heterocycles. The van der Waals surface area contributed by atoms with Gasteiger partial charge in [0.05, 0.1) is 12.2 Å². The Morgan fingerprint density at radius 1 is 1.50 bits per heavy atom. The van der Waals surface area contributed by atoms with Crippen molar-refractivity contribution in [3.63, 3.8) is 0 Å². The molecule has 0 radical (unpaired) electrons. The maximum atomic E-state index is 12.0. The third-order valence-corrected chi connectivity index (χ3v) is 3.00. The fourth-order valence-corrected chi connectivity index (χ4v) is 2.08. The van der Waals surface area contributed by atoms with Crippen molar-refractivity contribution >= 4 is 28.3 Å². The average molecular weight is 242 g/mol. The van der Waals surface area contributed by atoms with Crippen LogP contribution in [0.5, 0.6) is 0 Å². The number of nitrogens with two attached hydrogens (primary N) is 2. The molecule has 1 aromatic heterocycles. The largest absolute Gasteiger partial charge is 0.375 e. The van der Waals surface area contributed by atoms with E-state index >= 15 is 0 Å². The zero-order valence-electron chi connectivity index (χ0n) is 9.19. The summed E-state index contributed by atoms with van der Waals surface area (Å²) < 4.78 is 0. The predicted octanol–water partition coefficient (Wildman–Crippen LogP) is -0.0189. The van der Waals surface area contributed by atoms with Crippen LogP contribution in [0.4, 0.5) is 5.13 Å². The Hall–Kier alpha value is -1.63. The van der Waals surface area contributed by atoms with E-state index in [0.717, 1.165) is 11.3 Å². The lowest BCUT2D eigenvalue weighted by Crippen LogP contribution is -2.38. The molecule has 1 rings (SSSR count). The molecular formula is C9H14N4O2S. The van der Waals surface area contributed by atoms with Crippen molar-refractivity contribution in [2.45, 2.75) is 13.8 Å². The highest BCUT2D eigenvalue weighted by molar-refractivity contribution is 7.17. The molecule has 4 N–H and O–H groups in total. The summed E-state index contributed by atoms with van der Waals surface area (Å²) in [6.07, 6.45) is 0. The van der Waals surface area contributed by atoms with E-state index in [1.54, 1.807) is 13.8 Å². The van der Waals surface area contributed by atoms with Crippen LogP contribution >= 0.6 is 11.3 Å². The zero-order chi connectivity index (χ0) is 12.3. The van der Waals surface area contributed by atoms with Crippen molar-refractivity contribution in [1.82, 2.24) is 9.88 Å². The molecule has 0 bridgehead atoms. The van der Waals surface area contributed by atoms with Gasteiger partial charge >= 0.3 is 0 Å². The van der Waals surface area contributed by atoms with Gasteiger partial charge in [0.2, 0.25) is 5.91 Å². The SMILES string of the molecule is CCN(CC(N)=O)C(=O)c1sc(N)nc1C. The Kier molecular flexibility index (Phi) is 3.83. The monoisotopic (exact) mass is 242 g/mol. The number of rotatable bonds is 4. The van der Waals surface area contributed by atoms with Crippen LogP contribution < -0.4 is 11.5 Å². The number of carbonyl (C=O) groups is 2. The minimum Gasteiger partial charge on any atom is -0.375 e. The first kappa shape index (κ1) is 12.4. The van der Waals surface area contributed by atoms with Crippen LogP contribution in [-0.2, 0) is 4.79 Å². The Balaban J connectivity index is 2.91. The summed E-state index contributed by atoms with van der Waals surface area (Å²) in [5, 5.41) is 0.343. The van der Waals surface area contributed by atoms with Crippen LogP contribution in [0.1, 0.15) is 22.3 Å². The van der Waals surface area contributed by atoms with Gasteiger partial charge < -0.3 is 16.4 Å². The first-order valence-corrected chi connectivity index (χ1v) is 5.57. The average Bonchev–Trinajstić information content (AvgIpc) is 2.53. The third kappa shape index (κ3) is 2.69. The molecule has 0 aliphatic heterocycles. The number of carbonyl (C=O) groups excluding carboxylic acids is 2. The number of nitrogens with zero attached hydrogens (tertiary/aromatic N) is 2. The molecule has 1 aromatic rings. The van der Waals surface area contributed by atoms with E-state index in [1.165, 1.54) is 4.90 Å². The topological polar surface area (TPSA) is 102 Å². The van der Waals surface area contributed by atoms with Gasteiger partial charge in [-0.2, -0.15) is 0 Å². The van der Waals surface area contributed by atoms with Crippen LogP contribution in [0.25, 0.3) is 0 Å². The molecule has 16 heavy (non-hydrogen) atoms. The quantitative estimate of drug-likeness (QED) is 0.774. The summed E-state index contributed by atoms with van der Waals surface area (Å²) in [4.78, 5) is 28.5. The molecular weight excluding hydrogens is 228 g/mol. The van der Waals surface area contributed by atoms with Crippen LogP contribution in [0, 0.1) is 6.92 Å². The van der Waals surface area contributed by atoms with E-state index in [9.17, 15) is 9.59 Å². The van der Waals surface area contributed by atoms with E-state index in [1.807, 2.05) is 0 Å². The Morgan fingerprint density at radius 2 is 2.12 bits per heavy atom. The highest BCUT2D eigenvalue weighted by Gasteiger charge is 2.20. The molecule has 6 nitrogen and oxygen atoms in total. The zero-order valence-corrected chi connectivity index (χ0v) is 10.0. The van der Waals surface area contributed by atoms with Gasteiger partial charge in [0.1, 0.15) is 4.88 Å². The summed E-state index contributed by atoms with van der Waals surface area (Å²) in [5.41, 5.74) is 11.1. The minimum atomic E-state index is -0.537. The van der Waals surface area contributed by atoms with E-state index in [0.29, 0.717) is 22.2 Å². The Bertz CT molecular complexity index is 416. The molecule has 7 heteroatoms. The Morgan fingerprint density at radius 3 is 2.50 bits per heavy atom. The smallest absolute Gasteiger partial charge is 0.266 e. The summed E-state index contributed by atoms with van der Waals surface area (Å²) in [5.74, 6) is -0.793. The molecule has 88 valence electrons. The van der Waals surface area contributed by atoms with Gasteiger partial charge in [-0.3, -0.25) is 9.59 Å². The molecule has 0 aromatic carbocycles. The fraction of sp³-hybridized carbons (Fsp3) is 0.444. The predicted molar refractivity (Wildman–Crippen MR) is 62.0 cm³/mol. The van der Waals surface area contributed by atoms with Gasteiger partial charge in [0.25, 0.3) is 5.91 Å². The van der Waals surface area contributed by atoms with E-state index in [4.69, 9.17) is 11.5 Å². The summed E-state index contributed by atoms with van der Waals surface area (Å²) in [6, 6.07) is 0. The summed E-state index contributed by atoms with van der Waals surface area (Å²) in [7, 11) is 0. The second kappa shape index (κ2) is 4.93. The number of thiazole rings is 1. The van der Waals surface area contributed by atoms with Crippen molar-refractivity contribution in [1.29, 1.82) is 0 Å². The van der Waals surface area contributed by atoms with Gasteiger partial charge in [-0.05, 0) is 13.8 Å². The molecule has 1 heterocycles. The van der Waals surface area contributed by atoms with Crippen molar-refractivity contribution < 1.29 is 9.59 Å². The first-order valence-electron chi connectivity index (χ1n) is 4.76. The van der Waals surface area contributed by atoms with Crippen LogP contribution in [0.3, 0.4) is 0 Å². The van der Waals surface area contributed by atoms with Gasteiger partial charge in [0.15, 0.2) is 5.13 Å². The number of aryl methyl sites for hydroxylation is 1. The highest BCUT2D eigenvalue weighted by atomic mass is 32.1. The molecule has 0 spiro atoms. The number of likely N-dealkylation sites (N-methyl/N-ethyl adjacent to an activating group) is 1. The van der Waals surface area contributed by atoms with Crippen LogP contribution in [0.2, 0.25) is 0 Å². The van der Waals surface area contributed by atoms with E-state index < -0.39 is 5.91 Å². The van der Waals surface area contributed by atoms with Crippen molar-refractivity contribution in [2.24, 2.45) is 5.73 Å². The lowest BCUT2D eigenvalue weighted by Gasteiger charge is -2.18. The molecule has 0 saturated carbocycles. The maximum Gasteiger partial charge on any atom is 0.266 e. The van der Waals surface area contributed by atoms with Gasteiger partial charge in [0, 0.05) is 6.54 Å². The van der Waals surface area contributed by atoms with Crippen LogP contribution in [0.15, 0.2) is 0 Å². The molecule has 0 fully saturated rings. The summed E-state index contributed by atoms with van der Waals surface area (Å²) >= 11 is 1.12. The van der Waals surface area contributed by atoms with Gasteiger partial charge in [-0.15, -0.1) is 0 Å². The minimum absolute atomic E-state index is 0.0907. The van der Waals surface area contributed by atoms with E-state index in [-0.39, 0.29) is 12.5 Å². The second-order valence-electron chi connectivity index (χ2n) is 3.25. The molecule has 0 aliphatic carbocycles. The Labute approximate surface area is 97.2 Å². The first-order chi connectivity index (χ1) is 7.45. The van der Waals surface area contributed by atoms with Crippen molar-refractivity contribution in [2.75, 3.05) is 18.8 Å². The number of amides is 2. The second-order valence-corrected chi connectivity index (χ2v) is 4.28. The van der Waals surface area contributed by atoms with Gasteiger partial charge in [-0.1, -0.05) is 11.3 Å². The lowest BCUT2D eigenvalue weighted by atomic mass is 10.3. The number of nitrogen functional groups attached to an aromatic ring is 1. The normalized spacial score (nSPS) is 10.1. The van der Waals surface area contributed by atoms with Gasteiger partial charge in [-0.25, -0.2) is 4.98 Å². The third-order valence-electron chi connectivity index (χ3n) is 2.02. The molecule has 2 amide bonds. The van der Waals surface area contributed by atoms with E-state index in [2.05, 4.69) is 4.98 Å². The molecule has 0 aliphatic rings.